The number of likely N-dealkylation sites (N-methyl/N-ethyl adjacent to an activating group) is 1. The number of aromatic nitrogens is 1. The Morgan fingerprint density at radius 3 is 2.52 bits per heavy atom. The number of rotatable bonds is 10. The Hall–Kier alpha value is -3.69. The summed E-state index contributed by atoms with van der Waals surface area (Å²) in [6.45, 7) is 8.23. The number of hydrogen-bond acceptors (Lipinski definition) is 6. The summed E-state index contributed by atoms with van der Waals surface area (Å²) in [6.07, 6.45) is 4.52. The van der Waals surface area contributed by atoms with Crippen LogP contribution in [0.25, 0.3) is 10.9 Å². The SMILES string of the molecule is CCCCOC(=O)c1ccc(Cn2c3c(c4cc(CCCN5CCOCC5)ccc42)C2C(=O)N(C)C(=O)N2CC3)cc1. The van der Waals surface area contributed by atoms with Crippen LogP contribution in [-0.2, 0) is 33.7 Å². The molecule has 9 nitrogen and oxygen atoms in total. The number of esters is 1. The van der Waals surface area contributed by atoms with Gasteiger partial charge in [0.05, 0.1) is 25.4 Å². The van der Waals surface area contributed by atoms with Gasteiger partial charge in [-0.2, -0.15) is 0 Å². The van der Waals surface area contributed by atoms with E-state index < -0.39 is 6.04 Å². The van der Waals surface area contributed by atoms with Crippen LogP contribution in [0.1, 0.15) is 65.0 Å². The minimum Gasteiger partial charge on any atom is -0.462 e. The lowest BCUT2D eigenvalue weighted by atomic mass is 9.95. The van der Waals surface area contributed by atoms with Gasteiger partial charge in [-0.25, -0.2) is 9.59 Å². The van der Waals surface area contributed by atoms with E-state index in [1.165, 1.54) is 10.5 Å². The lowest BCUT2D eigenvalue weighted by Crippen LogP contribution is -2.36. The minimum absolute atomic E-state index is 0.163. The molecule has 0 saturated carbocycles. The number of urea groups is 1. The molecule has 2 fully saturated rings. The summed E-state index contributed by atoms with van der Waals surface area (Å²) in [5.74, 6) is -0.461. The Kier molecular flexibility index (Phi) is 8.31. The average Bonchev–Trinajstić information content (AvgIpc) is 3.44. The highest BCUT2D eigenvalue weighted by molar-refractivity contribution is 6.07. The standard InChI is InChI=1S/C33H40N4O5/c1-3-4-18-42-32(39)25-10-7-24(8-11-25)22-37-27-12-9-23(6-5-14-35-16-19-41-20-17-35)21-26(27)29-28(37)13-15-36-30(29)31(38)34(2)33(36)40/h7-12,21,30H,3-6,13-20,22H2,1-2H3. The van der Waals surface area contributed by atoms with Crippen LogP contribution in [0.2, 0.25) is 0 Å². The van der Waals surface area contributed by atoms with Crippen LogP contribution in [0, 0.1) is 0 Å². The number of nitrogens with zero attached hydrogens (tertiary/aromatic N) is 4. The molecule has 2 aromatic carbocycles. The van der Waals surface area contributed by atoms with Crippen molar-refractivity contribution in [2.24, 2.45) is 0 Å². The van der Waals surface area contributed by atoms with Crippen molar-refractivity contribution in [3.63, 3.8) is 0 Å². The third-order valence-corrected chi connectivity index (χ3v) is 8.86. The van der Waals surface area contributed by atoms with Crippen molar-refractivity contribution in [3.05, 3.63) is 70.4 Å². The van der Waals surface area contributed by atoms with Crippen molar-refractivity contribution in [2.45, 2.75) is 51.6 Å². The smallest absolute Gasteiger partial charge is 0.338 e. The molecular weight excluding hydrogens is 532 g/mol. The molecule has 6 rings (SSSR count). The van der Waals surface area contributed by atoms with Crippen molar-refractivity contribution < 1.29 is 23.9 Å². The van der Waals surface area contributed by atoms with E-state index in [2.05, 4.69) is 34.6 Å². The molecule has 3 aliphatic heterocycles. The number of carbonyl (C=O) groups is 3. The monoisotopic (exact) mass is 572 g/mol. The fourth-order valence-corrected chi connectivity index (χ4v) is 6.49. The van der Waals surface area contributed by atoms with Crippen molar-refractivity contribution in [1.29, 1.82) is 0 Å². The molecule has 0 N–H and O–H groups in total. The Morgan fingerprint density at radius 2 is 1.76 bits per heavy atom. The summed E-state index contributed by atoms with van der Waals surface area (Å²) in [5.41, 5.74) is 5.98. The molecule has 4 heterocycles. The Labute approximate surface area is 246 Å². The Morgan fingerprint density at radius 1 is 1.00 bits per heavy atom. The molecule has 0 aliphatic carbocycles. The van der Waals surface area contributed by atoms with Gasteiger partial charge in [-0.15, -0.1) is 0 Å². The van der Waals surface area contributed by atoms with Crippen LogP contribution >= 0.6 is 0 Å². The molecule has 9 heteroatoms. The van der Waals surface area contributed by atoms with Gasteiger partial charge < -0.3 is 18.9 Å². The number of benzene rings is 2. The third-order valence-electron chi connectivity index (χ3n) is 8.86. The topological polar surface area (TPSA) is 84.3 Å². The van der Waals surface area contributed by atoms with E-state index >= 15 is 0 Å². The largest absolute Gasteiger partial charge is 0.462 e. The first kappa shape index (κ1) is 28.4. The van der Waals surface area contributed by atoms with E-state index in [0.29, 0.717) is 31.7 Å². The zero-order valence-corrected chi connectivity index (χ0v) is 24.6. The van der Waals surface area contributed by atoms with Crippen LogP contribution in [0.4, 0.5) is 4.79 Å². The van der Waals surface area contributed by atoms with Gasteiger partial charge in [0, 0.05) is 61.8 Å². The fraction of sp³-hybridized carbons (Fsp3) is 0.485. The lowest BCUT2D eigenvalue weighted by Gasteiger charge is -2.28. The number of amides is 3. The number of unbranched alkanes of at least 4 members (excludes halogenated alkanes) is 1. The minimum atomic E-state index is -0.584. The first-order valence-electron chi connectivity index (χ1n) is 15.2. The maximum absolute atomic E-state index is 13.3. The van der Waals surface area contributed by atoms with Gasteiger partial charge in [0.25, 0.3) is 5.91 Å². The Balaban J connectivity index is 1.30. The number of hydrogen-bond donors (Lipinski definition) is 0. The molecule has 0 bridgehead atoms. The average molecular weight is 573 g/mol. The molecule has 1 aromatic heterocycles. The van der Waals surface area contributed by atoms with Crippen molar-refractivity contribution in [1.82, 2.24) is 19.3 Å². The summed E-state index contributed by atoms with van der Waals surface area (Å²) < 4.78 is 13.1. The second kappa shape index (κ2) is 12.3. The Bertz CT molecular complexity index is 1470. The highest BCUT2D eigenvalue weighted by Gasteiger charge is 2.48. The van der Waals surface area contributed by atoms with E-state index in [9.17, 15) is 14.4 Å². The van der Waals surface area contributed by atoms with Gasteiger partial charge >= 0.3 is 12.0 Å². The normalized spacial score (nSPS) is 19.0. The van der Waals surface area contributed by atoms with Gasteiger partial charge in [0.2, 0.25) is 0 Å². The molecule has 222 valence electrons. The first-order chi connectivity index (χ1) is 20.5. The quantitative estimate of drug-likeness (QED) is 0.203. The molecule has 3 aromatic rings. The van der Waals surface area contributed by atoms with Crippen molar-refractivity contribution >= 4 is 28.8 Å². The number of fused-ring (bicyclic) bond motifs is 5. The fourth-order valence-electron chi connectivity index (χ4n) is 6.49. The van der Waals surface area contributed by atoms with Crippen LogP contribution < -0.4 is 0 Å². The highest BCUT2D eigenvalue weighted by atomic mass is 16.5. The van der Waals surface area contributed by atoms with Crippen molar-refractivity contribution in [2.75, 3.05) is 53.0 Å². The molecule has 2 saturated heterocycles. The predicted molar refractivity (Wildman–Crippen MR) is 160 cm³/mol. The van der Waals surface area contributed by atoms with Gasteiger partial charge in [-0.3, -0.25) is 14.6 Å². The van der Waals surface area contributed by atoms with Gasteiger partial charge in [-0.1, -0.05) is 31.5 Å². The first-order valence-corrected chi connectivity index (χ1v) is 15.2. The molecule has 0 radical (unpaired) electrons. The van der Waals surface area contributed by atoms with Crippen LogP contribution in [0.5, 0.6) is 0 Å². The zero-order chi connectivity index (χ0) is 29.2. The van der Waals surface area contributed by atoms with E-state index in [4.69, 9.17) is 9.47 Å². The molecule has 3 aliphatic rings. The maximum Gasteiger partial charge on any atom is 0.338 e. The van der Waals surface area contributed by atoms with Gasteiger partial charge in [0.1, 0.15) is 6.04 Å². The zero-order valence-electron chi connectivity index (χ0n) is 24.6. The lowest BCUT2D eigenvalue weighted by molar-refractivity contribution is -0.127. The number of ether oxygens (including phenoxy) is 2. The van der Waals surface area contributed by atoms with E-state index in [0.717, 1.165) is 86.3 Å². The summed E-state index contributed by atoms with van der Waals surface area (Å²) >= 11 is 0. The van der Waals surface area contributed by atoms with Crippen LogP contribution in [0.3, 0.4) is 0 Å². The molecule has 0 spiro atoms. The highest BCUT2D eigenvalue weighted by Crippen LogP contribution is 2.42. The second-order valence-corrected chi connectivity index (χ2v) is 11.6. The predicted octanol–water partition coefficient (Wildman–Crippen LogP) is 4.40. The summed E-state index contributed by atoms with van der Waals surface area (Å²) in [7, 11) is 1.58. The third kappa shape index (κ3) is 5.43. The van der Waals surface area contributed by atoms with E-state index in [1.807, 2.05) is 24.3 Å². The van der Waals surface area contributed by atoms with Gasteiger partial charge in [0.15, 0.2) is 0 Å². The maximum atomic E-state index is 13.3. The number of carbonyl (C=O) groups excluding carboxylic acids is 3. The van der Waals surface area contributed by atoms with Crippen LogP contribution in [-0.4, -0.2) is 90.2 Å². The van der Waals surface area contributed by atoms with E-state index in [1.54, 1.807) is 11.9 Å². The summed E-state index contributed by atoms with van der Waals surface area (Å²) in [5, 5.41) is 1.05. The van der Waals surface area contributed by atoms with Crippen LogP contribution in [0.15, 0.2) is 42.5 Å². The molecular formula is C33H40N4O5. The molecule has 42 heavy (non-hydrogen) atoms. The summed E-state index contributed by atoms with van der Waals surface area (Å²) in [6, 6.07) is 13.4. The molecule has 1 unspecified atom stereocenters. The summed E-state index contributed by atoms with van der Waals surface area (Å²) in [4.78, 5) is 44.1. The number of aryl methyl sites for hydroxylation is 1. The molecule has 1 atom stereocenters. The van der Waals surface area contributed by atoms with Gasteiger partial charge in [-0.05, 0) is 61.2 Å². The van der Waals surface area contributed by atoms with E-state index in [-0.39, 0.29) is 17.9 Å². The molecule has 3 amide bonds. The second-order valence-electron chi connectivity index (χ2n) is 11.6. The number of morpholine rings is 1. The number of imide groups is 1. The van der Waals surface area contributed by atoms with Crippen molar-refractivity contribution in [3.8, 4) is 0 Å².